The lowest BCUT2D eigenvalue weighted by molar-refractivity contribution is -0.118. The zero-order valence-corrected chi connectivity index (χ0v) is 9.21. The van der Waals surface area contributed by atoms with Gasteiger partial charge in [0.15, 0.2) is 0 Å². The van der Waals surface area contributed by atoms with E-state index in [0.29, 0.717) is 18.6 Å². The van der Waals surface area contributed by atoms with E-state index in [2.05, 4.69) is 16.5 Å². The third kappa shape index (κ3) is 2.69. The van der Waals surface area contributed by atoms with E-state index in [-0.39, 0.29) is 0 Å². The Labute approximate surface area is 85.2 Å². The average molecular weight is 194 g/mol. The molecule has 1 rings (SSSR count). The molecule has 0 saturated carbocycles. The zero-order valence-electron chi connectivity index (χ0n) is 9.21. The Hall–Kier alpha value is -1.12. The van der Waals surface area contributed by atoms with Crippen LogP contribution in [0.3, 0.4) is 0 Å². The Morgan fingerprint density at radius 2 is 2.21 bits per heavy atom. The molecule has 0 aromatic carbocycles. The number of imidazole rings is 1. The molecule has 0 radical (unpaired) electrons. The predicted molar refractivity (Wildman–Crippen MR) is 56.2 cm³/mol. The second kappa shape index (κ2) is 4.94. The number of ketones is 1. The van der Waals surface area contributed by atoms with Crippen molar-refractivity contribution >= 4 is 5.78 Å². The van der Waals surface area contributed by atoms with Crippen molar-refractivity contribution in [2.75, 3.05) is 0 Å². The Bertz CT molecular complexity index is 315. The lowest BCUT2D eigenvalue weighted by Crippen LogP contribution is -2.02. The molecule has 0 aliphatic rings. The molecular weight excluding hydrogens is 176 g/mol. The van der Waals surface area contributed by atoms with Crippen molar-refractivity contribution in [1.82, 2.24) is 9.55 Å². The molecule has 0 N–H and O–H groups in total. The van der Waals surface area contributed by atoms with Crippen LogP contribution in [-0.2, 0) is 11.3 Å². The number of carbonyl (C=O) groups excluding carboxylic acids is 1. The Morgan fingerprint density at radius 3 is 2.71 bits per heavy atom. The minimum Gasteiger partial charge on any atom is -0.335 e. The third-order valence-corrected chi connectivity index (χ3v) is 2.59. The number of hydrogen-bond acceptors (Lipinski definition) is 2. The second-order valence-corrected chi connectivity index (χ2v) is 3.60. The zero-order chi connectivity index (χ0) is 10.6. The topological polar surface area (TPSA) is 34.9 Å². The van der Waals surface area contributed by atoms with Crippen molar-refractivity contribution in [3.8, 4) is 0 Å². The van der Waals surface area contributed by atoms with Crippen LogP contribution in [0.25, 0.3) is 0 Å². The second-order valence-electron chi connectivity index (χ2n) is 3.60. The van der Waals surface area contributed by atoms with Crippen molar-refractivity contribution in [3.63, 3.8) is 0 Å². The normalized spacial score (nSPS) is 10.5. The number of hydrogen-bond donors (Lipinski definition) is 0. The minimum absolute atomic E-state index is 0.347. The molecular formula is C11H18N2O. The smallest absolute Gasteiger partial charge is 0.132 e. The highest BCUT2D eigenvalue weighted by Gasteiger charge is 2.02. The fourth-order valence-electron chi connectivity index (χ4n) is 1.39. The fraction of sp³-hybridized carbons (Fsp3) is 0.636. The van der Waals surface area contributed by atoms with Gasteiger partial charge < -0.3 is 4.57 Å². The van der Waals surface area contributed by atoms with Crippen LogP contribution in [-0.4, -0.2) is 15.3 Å². The first-order valence-corrected chi connectivity index (χ1v) is 5.15. The first-order valence-electron chi connectivity index (χ1n) is 5.15. The lowest BCUT2D eigenvalue weighted by Gasteiger charge is -2.04. The summed E-state index contributed by atoms with van der Waals surface area (Å²) in [5.41, 5.74) is 2.28. The summed E-state index contributed by atoms with van der Waals surface area (Å²) in [6.45, 7) is 6.88. The maximum absolute atomic E-state index is 11.1. The number of aryl methyl sites for hydroxylation is 2. The maximum Gasteiger partial charge on any atom is 0.132 e. The number of nitrogens with zero attached hydrogens (tertiary/aromatic N) is 2. The van der Waals surface area contributed by atoms with Crippen LogP contribution in [0.15, 0.2) is 6.33 Å². The van der Waals surface area contributed by atoms with E-state index in [9.17, 15) is 4.79 Å². The molecule has 0 aliphatic carbocycles. The largest absolute Gasteiger partial charge is 0.335 e. The van der Waals surface area contributed by atoms with Gasteiger partial charge in [0, 0.05) is 25.1 Å². The van der Waals surface area contributed by atoms with Crippen molar-refractivity contribution in [1.29, 1.82) is 0 Å². The lowest BCUT2D eigenvalue weighted by atomic mass is 10.2. The number of carbonyl (C=O) groups is 1. The maximum atomic E-state index is 11.1. The molecule has 0 atom stereocenters. The first-order chi connectivity index (χ1) is 6.65. The van der Waals surface area contributed by atoms with Gasteiger partial charge in [-0.05, 0) is 20.3 Å². The minimum atomic E-state index is 0.347. The van der Waals surface area contributed by atoms with Gasteiger partial charge in [0.1, 0.15) is 5.78 Å². The molecule has 0 saturated heterocycles. The Kier molecular flexibility index (Phi) is 3.86. The number of Topliss-reactive ketones (excluding diaryl/α,β-unsaturated/α-hetero) is 1. The molecule has 1 heterocycles. The molecule has 0 amide bonds. The Balaban J connectivity index is 2.39. The van der Waals surface area contributed by atoms with E-state index >= 15 is 0 Å². The van der Waals surface area contributed by atoms with Crippen LogP contribution in [0, 0.1) is 13.8 Å². The molecule has 1 aromatic heterocycles. The molecule has 3 heteroatoms. The van der Waals surface area contributed by atoms with Crippen LogP contribution in [0.1, 0.15) is 37.6 Å². The van der Waals surface area contributed by atoms with Gasteiger partial charge in [0.2, 0.25) is 0 Å². The van der Waals surface area contributed by atoms with Gasteiger partial charge in [-0.1, -0.05) is 6.92 Å². The standard InChI is InChI=1S/C11H18N2O/c1-4-11(14)6-5-7-13-8-12-9(2)10(13)3/h8H,4-7H2,1-3H3. The van der Waals surface area contributed by atoms with Gasteiger partial charge in [-0.25, -0.2) is 4.98 Å². The van der Waals surface area contributed by atoms with Gasteiger partial charge in [-0.15, -0.1) is 0 Å². The van der Waals surface area contributed by atoms with E-state index in [4.69, 9.17) is 0 Å². The van der Waals surface area contributed by atoms with E-state index in [1.54, 1.807) is 0 Å². The summed E-state index contributed by atoms with van der Waals surface area (Å²) < 4.78 is 2.11. The summed E-state index contributed by atoms with van der Waals surface area (Å²) in [5.74, 6) is 0.347. The van der Waals surface area contributed by atoms with Crippen LogP contribution in [0.4, 0.5) is 0 Å². The van der Waals surface area contributed by atoms with Crippen molar-refractivity contribution in [2.45, 2.75) is 46.6 Å². The van der Waals surface area contributed by atoms with Crippen LogP contribution in [0.5, 0.6) is 0 Å². The molecule has 0 spiro atoms. The quantitative estimate of drug-likeness (QED) is 0.720. The molecule has 1 aromatic rings. The van der Waals surface area contributed by atoms with Crippen molar-refractivity contribution < 1.29 is 4.79 Å². The molecule has 0 fully saturated rings. The molecule has 3 nitrogen and oxygen atoms in total. The molecule has 0 bridgehead atoms. The van der Waals surface area contributed by atoms with Gasteiger partial charge in [-0.3, -0.25) is 4.79 Å². The summed E-state index contributed by atoms with van der Waals surface area (Å²) in [7, 11) is 0. The van der Waals surface area contributed by atoms with Crippen LogP contribution >= 0.6 is 0 Å². The van der Waals surface area contributed by atoms with Crippen molar-refractivity contribution in [3.05, 3.63) is 17.7 Å². The Morgan fingerprint density at radius 1 is 1.50 bits per heavy atom. The summed E-state index contributed by atoms with van der Waals surface area (Å²) in [4.78, 5) is 15.3. The predicted octanol–water partition coefficient (Wildman–Crippen LogP) is 2.26. The van der Waals surface area contributed by atoms with Gasteiger partial charge >= 0.3 is 0 Å². The SMILES string of the molecule is CCC(=O)CCCn1cnc(C)c1C. The van der Waals surface area contributed by atoms with Gasteiger partial charge in [0.05, 0.1) is 12.0 Å². The summed E-state index contributed by atoms with van der Waals surface area (Å²) >= 11 is 0. The highest BCUT2D eigenvalue weighted by Crippen LogP contribution is 2.06. The highest BCUT2D eigenvalue weighted by atomic mass is 16.1. The van der Waals surface area contributed by atoms with Crippen molar-refractivity contribution in [2.24, 2.45) is 0 Å². The van der Waals surface area contributed by atoms with E-state index in [0.717, 1.165) is 18.7 Å². The first kappa shape index (κ1) is 11.0. The third-order valence-electron chi connectivity index (χ3n) is 2.59. The highest BCUT2D eigenvalue weighted by molar-refractivity contribution is 5.77. The molecule has 78 valence electrons. The van der Waals surface area contributed by atoms with Crippen LogP contribution < -0.4 is 0 Å². The summed E-state index contributed by atoms with van der Waals surface area (Å²) in [6.07, 6.45) is 4.11. The van der Waals surface area contributed by atoms with Crippen LogP contribution in [0.2, 0.25) is 0 Å². The monoisotopic (exact) mass is 194 g/mol. The van der Waals surface area contributed by atoms with E-state index < -0.39 is 0 Å². The fourth-order valence-corrected chi connectivity index (χ4v) is 1.39. The summed E-state index contributed by atoms with van der Waals surface area (Å²) in [6, 6.07) is 0. The molecule has 0 aliphatic heterocycles. The number of rotatable bonds is 5. The van der Waals surface area contributed by atoms with E-state index in [1.165, 1.54) is 5.69 Å². The average Bonchev–Trinajstić information content (AvgIpc) is 2.49. The summed E-state index contributed by atoms with van der Waals surface area (Å²) in [5, 5.41) is 0. The van der Waals surface area contributed by atoms with Gasteiger partial charge in [-0.2, -0.15) is 0 Å². The molecule has 14 heavy (non-hydrogen) atoms. The molecule has 0 unspecified atom stereocenters. The van der Waals surface area contributed by atoms with E-state index in [1.807, 2.05) is 20.2 Å². The van der Waals surface area contributed by atoms with Gasteiger partial charge in [0.25, 0.3) is 0 Å². The number of aromatic nitrogens is 2.